The lowest BCUT2D eigenvalue weighted by Gasteiger charge is -2.08. The molecule has 94 valence electrons. The highest BCUT2D eigenvalue weighted by Crippen LogP contribution is 2.23. The highest BCUT2D eigenvalue weighted by atomic mass is 19.4. The zero-order valence-electron chi connectivity index (χ0n) is 9.42. The van der Waals surface area contributed by atoms with Crippen molar-refractivity contribution in [2.75, 3.05) is 6.54 Å². The van der Waals surface area contributed by atoms with Crippen LogP contribution in [0.4, 0.5) is 13.2 Å². The molecule has 0 radical (unpaired) electrons. The van der Waals surface area contributed by atoms with Crippen LogP contribution in [-0.2, 0) is 0 Å². The quantitative estimate of drug-likeness (QED) is 0.883. The van der Waals surface area contributed by atoms with Gasteiger partial charge in [0.2, 0.25) is 0 Å². The molecule has 0 aliphatic carbocycles. The summed E-state index contributed by atoms with van der Waals surface area (Å²) in [6.45, 7) is 2.41. The number of nitrogens with two attached hydrogens (primary N) is 1. The van der Waals surface area contributed by atoms with Crippen LogP contribution in [0.15, 0.2) is 29.8 Å². The second kappa shape index (κ2) is 5.72. The molecule has 0 spiro atoms. The molecular formula is C12H14F3NO. The summed E-state index contributed by atoms with van der Waals surface area (Å²) in [5.74, 6) is -0.222. The van der Waals surface area contributed by atoms with Crippen molar-refractivity contribution in [3.63, 3.8) is 0 Å². The third-order valence-electron chi connectivity index (χ3n) is 2.20. The minimum Gasteiger partial charge on any atom is -0.406 e. The van der Waals surface area contributed by atoms with Crippen molar-refractivity contribution in [3.8, 4) is 5.75 Å². The van der Waals surface area contributed by atoms with Crippen LogP contribution in [0.3, 0.4) is 0 Å². The first kappa shape index (κ1) is 13.6. The molecule has 0 atom stereocenters. The SMILES string of the molecule is CCC(=Cc1ccc(OC(F)(F)F)cc1)CN. The monoisotopic (exact) mass is 245 g/mol. The Morgan fingerprint density at radius 1 is 1.29 bits per heavy atom. The van der Waals surface area contributed by atoms with Crippen LogP contribution >= 0.6 is 0 Å². The smallest absolute Gasteiger partial charge is 0.406 e. The first-order valence-corrected chi connectivity index (χ1v) is 5.20. The molecule has 0 aliphatic rings. The van der Waals surface area contributed by atoms with E-state index in [9.17, 15) is 13.2 Å². The second-order valence-electron chi connectivity index (χ2n) is 3.48. The Balaban J connectivity index is 2.78. The Morgan fingerprint density at radius 3 is 2.29 bits per heavy atom. The number of benzene rings is 1. The fourth-order valence-corrected chi connectivity index (χ4v) is 1.31. The number of rotatable bonds is 4. The molecule has 1 aromatic rings. The Morgan fingerprint density at radius 2 is 1.88 bits per heavy atom. The molecule has 2 N–H and O–H groups in total. The molecule has 1 aromatic carbocycles. The number of hydrogen-bond donors (Lipinski definition) is 1. The van der Waals surface area contributed by atoms with Gasteiger partial charge in [-0.05, 0) is 24.1 Å². The zero-order chi connectivity index (χ0) is 12.9. The van der Waals surface area contributed by atoms with Gasteiger partial charge in [0.25, 0.3) is 0 Å². The first-order chi connectivity index (χ1) is 7.94. The van der Waals surface area contributed by atoms with Gasteiger partial charge < -0.3 is 10.5 Å². The van der Waals surface area contributed by atoms with E-state index in [1.165, 1.54) is 12.1 Å². The van der Waals surface area contributed by atoms with Gasteiger partial charge in [-0.15, -0.1) is 13.2 Å². The lowest BCUT2D eigenvalue weighted by Crippen LogP contribution is -2.16. The molecule has 0 heterocycles. The van der Waals surface area contributed by atoms with E-state index >= 15 is 0 Å². The van der Waals surface area contributed by atoms with Crippen LogP contribution in [0, 0.1) is 0 Å². The Hall–Kier alpha value is -1.49. The van der Waals surface area contributed by atoms with Gasteiger partial charge in [-0.3, -0.25) is 0 Å². The lowest BCUT2D eigenvalue weighted by atomic mass is 10.1. The normalized spacial score (nSPS) is 12.6. The molecular weight excluding hydrogens is 231 g/mol. The van der Waals surface area contributed by atoms with E-state index in [4.69, 9.17) is 5.73 Å². The molecule has 0 aliphatic heterocycles. The van der Waals surface area contributed by atoms with E-state index in [1.54, 1.807) is 12.1 Å². The van der Waals surface area contributed by atoms with Crippen molar-refractivity contribution in [2.24, 2.45) is 5.73 Å². The number of ether oxygens (including phenoxy) is 1. The van der Waals surface area contributed by atoms with E-state index < -0.39 is 6.36 Å². The van der Waals surface area contributed by atoms with Crippen molar-refractivity contribution in [2.45, 2.75) is 19.7 Å². The minimum absolute atomic E-state index is 0.222. The third-order valence-corrected chi connectivity index (χ3v) is 2.20. The van der Waals surface area contributed by atoms with Crippen LogP contribution in [-0.4, -0.2) is 12.9 Å². The highest BCUT2D eigenvalue weighted by Gasteiger charge is 2.30. The number of alkyl halides is 3. The maximum absolute atomic E-state index is 11.9. The van der Waals surface area contributed by atoms with Gasteiger partial charge in [0.15, 0.2) is 0 Å². The second-order valence-corrected chi connectivity index (χ2v) is 3.48. The molecule has 2 nitrogen and oxygen atoms in total. The lowest BCUT2D eigenvalue weighted by molar-refractivity contribution is -0.274. The molecule has 0 fully saturated rings. The maximum Gasteiger partial charge on any atom is 0.573 e. The molecule has 0 saturated heterocycles. The van der Waals surface area contributed by atoms with Gasteiger partial charge in [0.05, 0.1) is 0 Å². The van der Waals surface area contributed by atoms with Crippen molar-refractivity contribution in [1.29, 1.82) is 0 Å². The minimum atomic E-state index is -4.65. The number of hydrogen-bond acceptors (Lipinski definition) is 2. The van der Waals surface area contributed by atoms with Crippen LogP contribution in [0.5, 0.6) is 5.75 Å². The average molecular weight is 245 g/mol. The molecule has 0 aromatic heterocycles. The predicted molar refractivity (Wildman–Crippen MR) is 60.4 cm³/mol. The Bertz CT molecular complexity index is 376. The van der Waals surface area contributed by atoms with Crippen molar-refractivity contribution in [1.82, 2.24) is 0 Å². The zero-order valence-corrected chi connectivity index (χ0v) is 9.42. The molecule has 0 unspecified atom stereocenters. The van der Waals surface area contributed by atoms with Gasteiger partial charge in [-0.2, -0.15) is 0 Å². The average Bonchev–Trinajstić information content (AvgIpc) is 2.26. The summed E-state index contributed by atoms with van der Waals surface area (Å²) in [6, 6.07) is 5.69. The van der Waals surface area contributed by atoms with Gasteiger partial charge in [0.1, 0.15) is 5.75 Å². The first-order valence-electron chi connectivity index (χ1n) is 5.20. The topological polar surface area (TPSA) is 35.2 Å². The van der Waals surface area contributed by atoms with Crippen LogP contribution < -0.4 is 10.5 Å². The van der Waals surface area contributed by atoms with E-state index in [0.717, 1.165) is 17.6 Å². The van der Waals surface area contributed by atoms with Crippen LogP contribution in [0.25, 0.3) is 6.08 Å². The molecule has 17 heavy (non-hydrogen) atoms. The molecule has 0 bridgehead atoms. The third kappa shape index (κ3) is 4.91. The van der Waals surface area contributed by atoms with E-state index in [-0.39, 0.29) is 5.75 Å². The van der Waals surface area contributed by atoms with E-state index in [0.29, 0.717) is 6.54 Å². The molecule has 5 heteroatoms. The summed E-state index contributed by atoms with van der Waals surface area (Å²) in [5.41, 5.74) is 7.35. The molecule has 0 amide bonds. The van der Waals surface area contributed by atoms with Gasteiger partial charge in [0, 0.05) is 6.54 Å². The van der Waals surface area contributed by atoms with Gasteiger partial charge in [-0.25, -0.2) is 0 Å². The Labute approximate surface area is 97.9 Å². The summed E-state index contributed by atoms with van der Waals surface area (Å²) in [4.78, 5) is 0. The van der Waals surface area contributed by atoms with E-state index in [2.05, 4.69) is 4.74 Å². The van der Waals surface area contributed by atoms with Gasteiger partial charge >= 0.3 is 6.36 Å². The summed E-state index contributed by atoms with van der Waals surface area (Å²) >= 11 is 0. The van der Waals surface area contributed by atoms with Gasteiger partial charge in [-0.1, -0.05) is 30.7 Å². The highest BCUT2D eigenvalue weighted by molar-refractivity contribution is 5.54. The van der Waals surface area contributed by atoms with Crippen molar-refractivity contribution < 1.29 is 17.9 Å². The Kier molecular flexibility index (Phi) is 4.57. The summed E-state index contributed by atoms with van der Waals surface area (Å²) < 4.78 is 39.5. The predicted octanol–water partition coefficient (Wildman–Crippen LogP) is 3.34. The fraction of sp³-hybridized carbons (Fsp3) is 0.333. The molecule has 1 rings (SSSR count). The number of halogens is 3. The standard InChI is InChI=1S/C12H14F3NO/c1-2-9(8-16)7-10-3-5-11(6-4-10)17-12(13,14)15/h3-7H,2,8,16H2,1H3. The van der Waals surface area contributed by atoms with Crippen molar-refractivity contribution in [3.05, 3.63) is 35.4 Å². The summed E-state index contributed by atoms with van der Waals surface area (Å²) in [6.07, 6.45) is -1.97. The maximum atomic E-state index is 11.9. The molecule has 0 saturated carbocycles. The fourth-order valence-electron chi connectivity index (χ4n) is 1.31. The van der Waals surface area contributed by atoms with Crippen LogP contribution in [0.2, 0.25) is 0 Å². The summed E-state index contributed by atoms with van der Waals surface area (Å²) in [7, 11) is 0. The van der Waals surface area contributed by atoms with Crippen molar-refractivity contribution >= 4 is 6.08 Å². The largest absolute Gasteiger partial charge is 0.573 e. The summed E-state index contributed by atoms with van der Waals surface area (Å²) in [5, 5.41) is 0. The van der Waals surface area contributed by atoms with Crippen LogP contribution in [0.1, 0.15) is 18.9 Å². The van der Waals surface area contributed by atoms with E-state index in [1.807, 2.05) is 13.0 Å².